The molecule has 0 aromatic heterocycles. The van der Waals surface area contributed by atoms with Crippen LogP contribution in [0.5, 0.6) is 0 Å². The van der Waals surface area contributed by atoms with Crippen molar-refractivity contribution in [3.05, 3.63) is 30.1 Å². The molecule has 3 rings (SSSR count). The van der Waals surface area contributed by atoms with Gasteiger partial charge < -0.3 is 5.32 Å². The second-order valence-electron chi connectivity index (χ2n) is 4.78. The van der Waals surface area contributed by atoms with E-state index in [1.165, 1.54) is 25.7 Å². The Hall–Kier alpha value is -0.540. The summed E-state index contributed by atoms with van der Waals surface area (Å²) in [6.07, 6.45) is 4.99. The molecule has 16 heavy (non-hydrogen) atoms. The minimum atomic E-state index is -0.0709. The smallest absolute Gasteiger partial charge is 0.136 e. The summed E-state index contributed by atoms with van der Waals surface area (Å²) in [5, 5.41) is 4.21. The lowest BCUT2D eigenvalue weighted by Crippen LogP contribution is -2.39. The Morgan fingerprint density at radius 2 is 1.81 bits per heavy atom. The molecule has 0 aliphatic carbocycles. The first-order valence-electron chi connectivity index (χ1n) is 5.98. The van der Waals surface area contributed by atoms with Crippen LogP contribution in [0.15, 0.2) is 29.2 Å². The third kappa shape index (κ3) is 2.11. The van der Waals surface area contributed by atoms with Gasteiger partial charge in [-0.25, -0.2) is 4.39 Å². The SMILES string of the molecule is Fc1ccccc1SC1CC2CCC(C1)N2. The first kappa shape index (κ1) is 10.6. The number of fused-ring (bicyclic) bond motifs is 2. The number of rotatable bonds is 2. The molecule has 2 bridgehead atoms. The Morgan fingerprint density at radius 3 is 2.50 bits per heavy atom. The van der Waals surface area contributed by atoms with Crippen molar-refractivity contribution in [1.29, 1.82) is 0 Å². The number of halogens is 1. The van der Waals surface area contributed by atoms with Gasteiger partial charge in [-0.15, -0.1) is 11.8 Å². The second-order valence-corrected chi connectivity index (χ2v) is 6.12. The van der Waals surface area contributed by atoms with Crippen molar-refractivity contribution in [2.24, 2.45) is 0 Å². The van der Waals surface area contributed by atoms with Crippen LogP contribution in [0.25, 0.3) is 0 Å². The zero-order chi connectivity index (χ0) is 11.0. The predicted molar refractivity (Wildman–Crippen MR) is 65.2 cm³/mol. The Labute approximate surface area is 99.8 Å². The highest BCUT2D eigenvalue weighted by molar-refractivity contribution is 8.00. The summed E-state index contributed by atoms with van der Waals surface area (Å²) in [5.41, 5.74) is 0. The summed E-state index contributed by atoms with van der Waals surface area (Å²) in [6.45, 7) is 0. The summed E-state index contributed by atoms with van der Waals surface area (Å²) < 4.78 is 13.5. The van der Waals surface area contributed by atoms with Crippen LogP contribution in [0.2, 0.25) is 0 Å². The van der Waals surface area contributed by atoms with Gasteiger partial charge in [-0.3, -0.25) is 0 Å². The standard InChI is InChI=1S/C13H16FNS/c14-12-3-1-2-4-13(12)16-11-7-9-5-6-10(8-11)15-9/h1-4,9-11,15H,5-8H2. The fraction of sp³-hybridized carbons (Fsp3) is 0.538. The van der Waals surface area contributed by atoms with Crippen LogP contribution in [0.4, 0.5) is 4.39 Å². The quantitative estimate of drug-likeness (QED) is 0.847. The lowest BCUT2D eigenvalue weighted by Gasteiger charge is -2.28. The number of hydrogen-bond acceptors (Lipinski definition) is 2. The van der Waals surface area contributed by atoms with Crippen LogP contribution in [-0.2, 0) is 0 Å². The molecule has 2 aliphatic rings. The van der Waals surface area contributed by atoms with Gasteiger partial charge in [-0.05, 0) is 37.8 Å². The molecule has 3 heteroatoms. The average molecular weight is 237 g/mol. The van der Waals surface area contributed by atoms with Crippen molar-refractivity contribution in [2.45, 2.75) is 47.9 Å². The molecule has 1 nitrogen and oxygen atoms in total. The van der Waals surface area contributed by atoms with Crippen molar-refractivity contribution in [2.75, 3.05) is 0 Å². The molecule has 1 aromatic carbocycles. The summed E-state index contributed by atoms with van der Waals surface area (Å²) in [5.74, 6) is -0.0709. The molecule has 0 radical (unpaired) electrons. The molecule has 2 fully saturated rings. The molecule has 2 unspecified atom stereocenters. The van der Waals surface area contributed by atoms with E-state index >= 15 is 0 Å². The van der Waals surface area contributed by atoms with E-state index in [0.29, 0.717) is 17.3 Å². The van der Waals surface area contributed by atoms with Crippen molar-refractivity contribution >= 4 is 11.8 Å². The lowest BCUT2D eigenvalue weighted by molar-refractivity contribution is 0.414. The number of piperidine rings is 1. The van der Waals surface area contributed by atoms with Gasteiger partial charge in [0.15, 0.2) is 0 Å². The highest BCUT2D eigenvalue weighted by Gasteiger charge is 2.33. The van der Waals surface area contributed by atoms with Gasteiger partial charge in [0.25, 0.3) is 0 Å². The van der Waals surface area contributed by atoms with Gasteiger partial charge >= 0.3 is 0 Å². The van der Waals surface area contributed by atoms with E-state index in [0.717, 1.165) is 4.90 Å². The van der Waals surface area contributed by atoms with E-state index in [-0.39, 0.29) is 5.82 Å². The molecule has 2 heterocycles. The maximum atomic E-state index is 13.5. The largest absolute Gasteiger partial charge is 0.311 e. The summed E-state index contributed by atoms with van der Waals surface area (Å²) in [6, 6.07) is 8.49. The lowest BCUT2D eigenvalue weighted by atomic mass is 10.1. The van der Waals surface area contributed by atoms with E-state index in [1.54, 1.807) is 23.9 Å². The van der Waals surface area contributed by atoms with E-state index in [9.17, 15) is 4.39 Å². The van der Waals surface area contributed by atoms with Gasteiger partial charge in [0.05, 0.1) is 0 Å². The molecule has 0 saturated carbocycles. The van der Waals surface area contributed by atoms with E-state index in [1.807, 2.05) is 12.1 Å². The van der Waals surface area contributed by atoms with Crippen LogP contribution in [0, 0.1) is 5.82 Å². The fourth-order valence-corrected chi connectivity index (χ4v) is 4.18. The van der Waals surface area contributed by atoms with Gasteiger partial charge in [0, 0.05) is 22.2 Å². The summed E-state index contributed by atoms with van der Waals surface area (Å²) in [4.78, 5) is 0.814. The van der Waals surface area contributed by atoms with Crippen molar-refractivity contribution < 1.29 is 4.39 Å². The maximum Gasteiger partial charge on any atom is 0.136 e. The molecule has 1 N–H and O–H groups in total. The topological polar surface area (TPSA) is 12.0 Å². The van der Waals surface area contributed by atoms with E-state index < -0.39 is 0 Å². The molecule has 0 spiro atoms. The Kier molecular flexibility index (Phi) is 2.90. The van der Waals surface area contributed by atoms with Gasteiger partial charge in [-0.2, -0.15) is 0 Å². The van der Waals surface area contributed by atoms with Crippen LogP contribution >= 0.6 is 11.8 Å². The Bertz CT molecular complexity index is 370. The normalized spacial score (nSPS) is 32.9. The van der Waals surface area contributed by atoms with Crippen molar-refractivity contribution in [1.82, 2.24) is 5.32 Å². The van der Waals surface area contributed by atoms with Crippen LogP contribution in [-0.4, -0.2) is 17.3 Å². The number of thioether (sulfide) groups is 1. The molecular formula is C13H16FNS. The highest BCUT2D eigenvalue weighted by atomic mass is 32.2. The van der Waals surface area contributed by atoms with Gasteiger partial charge in [0.1, 0.15) is 5.82 Å². The first-order valence-corrected chi connectivity index (χ1v) is 6.86. The van der Waals surface area contributed by atoms with E-state index in [4.69, 9.17) is 0 Å². The van der Waals surface area contributed by atoms with Crippen molar-refractivity contribution in [3.8, 4) is 0 Å². The zero-order valence-electron chi connectivity index (χ0n) is 9.16. The summed E-state index contributed by atoms with van der Waals surface area (Å²) >= 11 is 1.72. The molecule has 86 valence electrons. The molecule has 0 amide bonds. The minimum Gasteiger partial charge on any atom is -0.311 e. The average Bonchev–Trinajstić information content (AvgIpc) is 2.62. The summed E-state index contributed by atoms with van der Waals surface area (Å²) in [7, 11) is 0. The first-order chi connectivity index (χ1) is 7.81. The molecule has 1 aromatic rings. The maximum absolute atomic E-state index is 13.5. The second kappa shape index (κ2) is 4.38. The van der Waals surface area contributed by atoms with Crippen molar-refractivity contribution in [3.63, 3.8) is 0 Å². The van der Waals surface area contributed by atoms with Crippen LogP contribution < -0.4 is 5.32 Å². The Balaban J connectivity index is 1.69. The molecule has 2 aliphatic heterocycles. The minimum absolute atomic E-state index is 0.0709. The molecule has 2 saturated heterocycles. The molecular weight excluding hydrogens is 221 g/mol. The monoisotopic (exact) mass is 237 g/mol. The van der Waals surface area contributed by atoms with Crippen LogP contribution in [0.1, 0.15) is 25.7 Å². The van der Waals surface area contributed by atoms with E-state index in [2.05, 4.69) is 5.32 Å². The van der Waals surface area contributed by atoms with Crippen LogP contribution in [0.3, 0.4) is 0 Å². The number of hydrogen-bond donors (Lipinski definition) is 1. The zero-order valence-corrected chi connectivity index (χ0v) is 9.97. The fourth-order valence-electron chi connectivity index (χ4n) is 2.82. The predicted octanol–water partition coefficient (Wildman–Crippen LogP) is 3.20. The number of benzene rings is 1. The third-order valence-electron chi connectivity index (χ3n) is 3.56. The highest BCUT2D eigenvalue weighted by Crippen LogP contribution is 2.37. The third-order valence-corrected chi connectivity index (χ3v) is 4.86. The Morgan fingerprint density at radius 1 is 1.12 bits per heavy atom. The molecule has 2 atom stereocenters. The van der Waals surface area contributed by atoms with Gasteiger partial charge in [-0.1, -0.05) is 12.1 Å². The number of nitrogens with one attached hydrogen (secondary N) is 1. The van der Waals surface area contributed by atoms with Gasteiger partial charge in [0.2, 0.25) is 0 Å².